The van der Waals surface area contributed by atoms with Crippen LogP contribution in [0.2, 0.25) is 0 Å². The fourth-order valence-electron chi connectivity index (χ4n) is 2.90. The molecular formula is C15H19F2N5O2. The highest BCUT2D eigenvalue weighted by Crippen LogP contribution is 2.20. The van der Waals surface area contributed by atoms with Crippen LogP contribution in [0.15, 0.2) is 21.7 Å². The first-order valence-corrected chi connectivity index (χ1v) is 7.87. The van der Waals surface area contributed by atoms with Crippen molar-refractivity contribution >= 4 is 0 Å². The average Bonchev–Trinajstić information content (AvgIpc) is 2.96. The van der Waals surface area contributed by atoms with Crippen LogP contribution >= 0.6 is 0 Å². The monoisotopic (exact) mass is 339 g/mol. The maximum atomic E-state index is 12.5. The lowest BCUT2D eigenvalue weighted by atomic mass is 9.96. The highest BCUT2D eigenvalue weighted by atomic mass is 19.3. The highest BCUT2D eigenvalue weighted by molar-refractivity contribution is 5.01. The number of aromatic nitrogens is 4. The first-order chi connectivity index (χ1) is 11.5. The molecule has 7 nitrogen and oxygen atoms in total. The number of alkyl halides is 2. The Morgan fingerprint density at radius 3 is 2.71 bits per heavy atom. The summed E-state index contributed by atoms with van der Waals surface area (Å²) in [4.78, 5) is 21.9. The molecule has 3 rings (SSSR count). The molecule has 1 aliphatic rings. The van der Waals surface area contributed by atoms with Crippen LogP contribution in [0.5, 0.6) is 0 Å². The quantitative estimate of drug-likeness (QED) is 0.826. The molecule has 0 spiro atoms. The second-order valence-electron chi connectivity index (χ2n) is 6.06. The number of halogens is 2. The van der Waals surface area contributed by atoms with Crippen LogP contribution in [0.4, 0.5) is 8.78 Å². The number of hydrogen-bond donors (Lipinski definition) is 0. The molecule has 130 valence electrons. The standard InChI is InChI=1S/C15H19F2N5O2/c1-10-19-13(24-20-10)8-21-4-2-11(3-5-21)7-22-9-18-12(15(16)17)6-14(22)23/h6,9,11,15H,2-5,7-8H2,1H3. The van der Waals surface area contributed by atoms with Crippen molar-refractivity contribution < 1.29 is 13.3 Å². The fraction of sp³-hybridized carbons (Fsp3) is 0.600. The summed E-state index contributed by atoms with van der Waals surface area (Å²) in [6.45, 7) is 4.64. The van der Waals surface area contributed by atoms with Gasteiger partial charge in [-0.15, -0.1) is 0 Å². The van der Waals surface area contributed by atoms with Crippen LogP contribution in [-0.2, 0) is 13.1 Å². The third-order valence-corrected chi connectivity index (χ3v) is 4.21. The van der Waals surface area contributed by atoms with E-state index in [0.29, 0.717) is 30.7 Å². The normalized spacial score (nSPS) is 16.8. The van der Waals surface area contributed by atoms with Crippen molar-refractivity contribution in [1.82, 2.24) is 24.6 Å². The van der Waals surface area contributed by atoms with Crippen LogP contribution in [0.3, 0.4) is 0 Å². The average molecular weight is 339 g/mol. The van der Waals surface area contributed by atoms with Gasteiger partial charge in [0.2, 0.25) is 5.89 Å². The largest absolute Gasteiger partial charge is 0.338 e. The molecule has 0 atom stereocenters. The fourth-order valence-corrected chi connectivity index (χ4v) is 2.90. The number of rotatable bonds is 5. The Hall–Kier alpha value is -2.16. The minimum absolute atomic E-state index is 0.322. The summed E-state index contributed by atoms with van der Waals surface area (Å²) in [5, 5.41) is 3.77. The van der Waals surface area contributed by atoms with E-state index >= 15 is 0 Å². The summed E-state index contributed by atoms with van der Waals surface area (Å²) in [6.07, 6.45) is 0.327. The van der Waals surface area contributed by atoms with Gasteiger partial charge in [-0.1, -0.05) is 5.16 Å². The Bertz CT molecular complexity index is 737. The van der Waals surface area contributed by atoms with Crippen LogP contribution in [0.25, 0.3) is 0 Å². The predicted octanol–water partition coefficient (Wildman–Crippen LogP) is 1.78. The van der Waals surface area contributed by atoms with Crippen LogP contribution in [0, 0.1) is 12.8 Å². The summed E-state index contributed by atoms with van der Waals surface area (Å²) in [5.41, 5.74) is -0.898. The molecule has 0 aliphatic carbocycles. The lowest BCUT2D eigenvalue weighted by molar-refractivity contribution is 0.143. The van der Waals surface area contributed by atoms with Crippen LogP contribution < -0.4 is 5.56 Å². The highest BCUT2D eigenvalue weighted by Gasteiger charge is 2.22. The Balaban J connectivity index is 1.53. The lowest BCUT2D eigenvalue weighted by Gasteiger charge is -2.31. The third kappa shape index (κ3) is 4.02. The molecule has 1 aliphatic heterocycles. The number of hydrogen-bond acceptors (Lipinski definition) is 6. The second kappa shape index (κ2) is 7.16. The molecule has 2 aromatic heterocycles. The first kappa shape index (κ1) is 16.7. The van der Waals surface area contributed by atoms with Gasteiger partial charge in [0.1, 0.15) is 5.69 Å². The van der Waals surface area contributed by atoms with Crippen LogP contribution in [0.1, 0.15) is 36.7 Å². The van der Waals surface area contributed by atoms with Gasteiger partial charge in [-0.3, -0.25) is 14.3 Å². The summed E-state index contributed by atoms with van der Waals surface area (Å²) < 4.78 is 31.6. The first-order valence-electron chi connectivity index (χ1n) is 7.87. The molecule has 0 amide bonds. The van der Waals surface area contributed by atoms with E-state index in [0.717, 1.165) is 32.0 Å². The Labute approximate surface area is 137 Å². The van der Waals surface area contributed by atoms with Crippen molar-refractivity contribution in [2.45, 2.75) is 39.3 Å². The van der Waals surface area contributed by atoms with Gasteiger partial charge >= 0.3 is 0 Å². The van der Waals surface area contributed by atoms with Crippen molar-refractivity contribution in [3.8, 4) is 0 Å². The van der Waals surface area contributed by atoms with E-state index in [1.54, 1.807) is 6.92 Å². The number of aryl methyl sites for hydroxylation is 1. The second-order valence-corrected chi connectivity index (χ2v) is 6.06. The van der Waals surface area contributed by atoms with E-state index in [4.69, 9.17) is 4.52 Å². The van der Waals surface area contributed by atoms with E-state index in [2.05, 4.69) is 20.0 Å². The van der Waals surface area contributed by atoms with E-state index in [1.807, 2.05) is 0 Å². The van der Waals surface area contributed by atoms with Gasteiger partial charge in [-0.25, -0.2) is 13.8 Å². The zero-order valence-corrected chi connectivity index (χ0v) is 13.4. The summed E-state index contributed by atoms with van der Waals surface area (Å²) in [5.74, 6) is 1.55. The van der Waals surface area contributed by atoms with Gasteiger partial charge < -0.3 is 4.52 Å². The maximum absolute atomic E-state index is 12.5. The Kier molecular flexibility index (Phi) is 4.98. The molecule has 24 heavy (non-hydrogen) atoms. The topological polar surface area (TPSA) is 77.0 Å². The molecule has 2 aromatic rings. The molecule has 3 heterocycles. The van der Waals surface area contributed by atoms with Gasteiger partial charge in [0, 0.05) is 12.6 Å². The van der Waals surface area contributed by atoms with Crippen molar-refractivity contribution in [3.05, 3.63) is 40.2 Å². The zero-order chi connectivity index (χ0) is 17.1. The molecular weight excluding hydrogens is 320 g/mol. The Morgan fingerprint density at radius 1 is 1.38 bits per heavy atom. The molecule has 9 heteroatoms. The molecule has 0 bridgehead atoms. The maximum Gasteiger partial charge on any atom is 0.280 e. The van der Waals surface area contributed by atoms with Gasteiger partial charge in [0.15, 0.2) is 5.82 Å². The van der Waals surface area contributed by atoms with Crippen molar-refractivity contribution in [3.63, 3.8) is 0 Å². The van der Waals surface area contributed by atoms with E-state index in [1.165, 1.54) is 10.9 Å². The van der Waals surface area contributed by atoms with E-state index in [9.17, 15) is 13.6 Å². The minimum atomic E-state index is -2.72. The third-order valence-electron chi connectivity index (χ3n) is 4.21. The van der Waals surface area contributed by atoms with Gasteiger partial charge in [0.05, 0.1) is 12.9 Å². The van der Waals surface area contributed by atoms with E-state index < -0.39 is 17.7 Å². The summed E-state index contributed by atoms with van der Waals surface area (Å²) >= 11 is 0. The summed E-state index contributed by atoms with van der Waals surface area (Å²) in [6, 6.07) is 0.914. The molecule has 0 aromatic carbocycles. The molecule has 0 N–H and O–H groups in total. The SMILES string of the molecule is Cc1noc(CN2CCC(Cn3cnc(C(F)F)cc3=O)CC2)n1. The van der Waals surface area contributed by atoms with Crippen LogP contribution in [-0.4, -0.2) is 37.7 Å². The molecule has 0 unspecified atom stereocenters. The number of likely N-dealkylation sites (tertiary alicyclic amines) is 1. The summed E-state index contributed by atoms with van der Waals surface area (Å²) in [7, 11) is 0. The van der Waals surface area contributed by atoms with Crippen molar-refractivity contribution in [1.29, 1.82) is 0 Å². The molecule has 0 saturated carbocycles. The smallest absolute Gasteiger partial charge is 0.280 e. The van der Waals surface area contributed by atoms with Gasteiger partial charge in [0.25, 0.3) is 12.0 Å². The molecule has 1 saturated heterocycles. The van der Waals surface area contributed by atoms with Gasteiger partial charge in [-0.05, 0) is 38.8 Å². The molecule has 1 fully saturated rings. The van der Waals surface area contributed by atoms with Gasteiger partial charge in [-0.2, -0.15) is 4.98 Å². The van der Waals surface area contributed by atoms with E-state index in [-0.39, 0.29) is 0 Å². The Morgan fingerprint density at radius 2 is 2.12 bits per heavy atom. The lowest BCUT2D eigenvalue weighted by Crippen LogP contribution is -2.36. The van der Waals surface area contributed by atoms with Crippen molar-refractivity contribution in [2.24, 2.45) is 5.92 Å². The number of piperidine rings is 1. The predicted molar refractivity (Wildman–Crippen MR) is 80.5 cm³/mol. The molecule has 0 radical (unpaired) electrons. The van der Waals surface area contributed by atoms with Crippen molar-refractivity contribution in [2.75, 3.05) is 13.1 Å². The zero-order valence-electron chi connectivity index (χ0n) is 13.4. The minimum Gasteiger partial charge on any atom is -0.338 e. The number of nitrogens with zero attached hydrogens (tertiary/aromatic N) is 5.